The molecule has 1 aliphatic heterocycles. The average molecular weight is 218 g/mol. The van der Waals surface area contributed by atoms with Crippen LogP contribution in [-0.2, 0) is 9.59 Å². The molecule has 7 heteroatoms. The van der Waals surface area contributed by atoms with Crippen molar-refractivity contribution < 1.29 is 19.5 Å². The van der Waals surface area contributed by atoms with E-state index in [-0.39, 0.29) is 5.24 Å². The van der Waals surface area contributed by atoms with Crippen LogP contribution in [0, 0.1) is 0 Å². The van der Waals surface area contributed by atoms with E-state index in [0.717, 1.165) is 11.8 Å². The predicted molar refractivity (Wildman–Crippen MR) is 50.0 cm³/mol. The van der Waals surface area contributed by atoms with E-state index in [4.69, 9.17) is 5.11 Å². The number of carboxylic acid groups (broad SMARTS) is 1. The molecule has 0 radical (unpaired) electrons. The summed E-state index contributed by atoms with van der Waals surface area (Å²) in [5.74, 6) is -1.22. The summed E-state index contributed by atoms with van der Waals surface area (Å²) < 4.78 is 0. The number of thioether (sulfide) groups is 1. The highest BCUT2D eigenvalue weighted by atomic mass is 32.2. The van der Waals surface area contributed by atoms with Gasteiger partial charge in [0, 0.05) is 5.75 Å². The van der Waals surface area contributed by atoms with Gasteiger partial charge in [-0.3, -0.25) is 14.4 Å². The summed E-state index contributed by atoms with van der Waals surface area (Å²) in [5.41, 5.74) is 0. The lowest BCUT2D eigenvalue weighted by Gasteiger charge is -2.12. The van der Waals surface area contributed by atoms with Crippen LogP contribution in [0.5, 0.6) is 0 Å². The molecule has 2 atom stereocenters. The SMILES string of the molecule is CC(NC(=O)[C@@H]1CSC(=O)N1)C(=O)O. The molecular weight excluding hydrogens is 208 g/mol. The predicted octanol–water partition coefficient (Wildman–Crippen LogP) is -0.599. The first-order valence-electron chi connectivity index (χ1n) is 3.97. The van der Waals surface area contributed by atoms with Gasteiger partial charge in [0.1, 0.15) is 12.1 Å². The molecule has 1 unspecified atom stereocenters. The molecule has 3 N–H and O–H groups in total. The first-order chi connectivity index (χ1) is 6.50. The van der Waals surface area contributed by atoms with Crippen LogP contribution in [0.15, 0.2) is 0 Å². The minimum Gasteiger partial charge on any atom is -0.480 e. The van der Waals surface area contributed by atoms with Crippen LogP contribution in [0.25, 0.3) is 0 Å². The van der Waals surface area contributed by atoms with Crippen molar-refractivity contribution in [2.75, 3.05) is 5.75 Å². The molecule has 14 heavy (non-hydrogen) atoms. The zero-order valence-electron chi connectivity index (χ0n) is 7.44. The molecular formula is C7H10N2O4S. The Balaban J connectivity index is 2.42. The maximum atomic E-state index is 11.3. The van der Waals surface area contributed by atoms with Crippen molar-refractivity contribution in [3.8, 4) is 0 Å². The topological polar surface area (TPSA) is 95.5 Å². The van der Waals surface area contributed by atoms with E-state index in [0.29, 0.717) is 5.75 Å². The van der Waals surface area contributed by atoms with Gasteiger partial charge in [0.15, 0.2) is 0 Å². The Bertz CT molecular complexity index is 281. The van der Waals surface area contributed by atoms with Gasteiger partial charge in [-0.05, 0) is 6.92 Å². The van der Waals surface area contributed by atoms with Gasteiger partial charge >= 0.3 is 5.97 Å². The van der Waals surface area contributed by atoms with Crippen molar-refractivity contribution in [3.05, 3.63) is 0 Å². The smallest absolute Gasteiger partial charge is 0.325 e. The van der Waals surface area contributed by atoms with Crippen molar-refractivity contribution in [3.63, 3.8) is 0 Å². The first kappa shape index (κ1) is 10.8. The highest BCUT2D eigenvalue weighted by Gasteiger charge is 2.29. The first-order valence-corrected chi connectivity index (χ1v) is 4.95. The van der Waals surface area contributed by atoms with Crippen LogP contribution in [0.4, 0.5) is 4.79 Å². The van der Waals surface area contributed by atoms with Gasteiger partial charge in [-0.25, -0.2) is 0 Å². The fourth-order valence-corrected chi connectivity index (χ4v) is 1.68. The Morgan fingerprint density at radius 2 is 2.36 bits per heavy atom. The van der Waals surface area contributed by atoms with E-state index in [9.17, 15) is 14.4 Å². The highest BCUT2D eigenvalue weighted by Crippen LogP contribution is 2.12. The molecule has 1 fully saturated rings. The summed E-state index contributed by atoms with van der Waals surface area (Å²) in [6.45, 7) is 1.37. The van der Waals surface area contributed by atoms with Gasteiger partial charge in [0.05, 0.1) is 0 Å². The quantitative estimate of drug-likeness (QED) is 0.588. The summed E-state index contributed by atoms with van der Waals surface area (Å²) in [4.78, 5) is 32.4. The van der Waals surface area contributed by atoms with E-state index in [2.05, 4.69) is 10.6 Å². The zero-order chi connectivity index (χ0) is 10.7. The molecule has 0 aromatic heterocycles. The van der Waals surface area contributed by atoms with Crippen molar-refractivity contribution in [1.29, 1.82) is 0 Å². The van der Waals surface area contributed by atoms with Crippen LogP contribution in [-0.4, -0.2) is 40.1 Å². The van der Waals surface area contributed by atoms with Crippen LogP contribution in [0.2, 0.25) is 0 Å². The molecule has 0 aromatic rings. The summed E-state index contributed by atoms with van der Waals surface area (Å²) in [6, 6.07) is -1.56. The van der Waals surface area contributed by atoms with Gasteiger partial charge < -0.3 is 15.7 Å². The fraction of sp³-hybridized carbons (Fsp3) is 0.571. The molecule has 1 heterocycles. The normalized spacial score (nSPS) is 22.6. The third kappa shape index (κ3) is 2.63. The third-order valence-corrected chi connectivity index (χ3v) is 2.60. The second kappa shape index (κ2) is 4.32. The van der Waals surface area contributed by atoms with Crippen molar-refractivity contribution >= 4 is 28.9 Å². The zero-order valence-corrected chi connectivity index (χ0v) is 8.26. The van der Waals surface area contributed by atoms with Gasteiger partial charge in [0.25, 0.3) is 5.24 Å². The molecule has 0 bridgehead atoms. The number of hydrogen-bond acceptors (Lipinski definition) is 4. The Kier molecular flexibility index (Phi) is 3.34. The Morgan fingerprint density at radius 3 is 2.79 bits per heavy atom. The Hall–Kier alpha value is -1.24. The lowest BCUT2D eigenvalue weighted by Crippen LogP contribution is -2.48. The number of amides is 2. The largest absolute Gasteiger partial charge is 0.480 e. The van der Waals surface area contributed by atoms with Crippen molar-refractivity contribution in [2.24, 2.45) is 0 Å². The number of nitrogens with one attached hydrogen (secondary N) is 2. The average Bonchev–Trinajstić information content (AvgIpc) is 2.51. The third-order valence-electron chi connectivity index (χ3n) is 1.72. The molecule has 0 aliphatic carbocycles. The number of carbonyl (C=O) groups excluding carboxylic acids is 2. The van der Waals surface area contributed by atoms with Crippen LogP contribution >= 0.6 is 11.8 Å². The number of carboxylic acids is 1. The summed E-state index contributed by atoms with van der Waals surface area (Å²) in [6.07, 6.45) is 0. The second-order valence-electron chi connectivity index (χ2n) is 2.86. The molecule has 78 valence electrons. The minimum absolute atomic E-state index is 0.256. The van der Waals surface area contributed by atoms with Crippen LogP contribution < -0.4 is 10.6 Å². The molecule has 1 saturated heterocycles. The maximum Gasteiger partial charge on any atom is 0.325 e. The molecule has 0 aromatic carbocycles. The summed E-state index contributed by atoms with van der Waals surface area (Å²) in [7, 11) is 0. The number of hydrogen-bond donors (Lipinski definition) is 3. The molecule has 2 amide bonds. The van der Waals surface area contributed by atoms with Gasteiger partial charge in [-0.2, -0.15) is 0 Å². The fourth-order valence-electron chi connectivity index (χ4n) is 0.902. The number of carbonyl (C=O) groups is 3. The van der Waals surface area contributed by atoms with E-state index in [1.54, 1.807) is 0 Å². The molecule has 1 aliphatic rings. The van der Waals surface area contributed by atoms with Crippen LogP contribution in [0.1, 0.15) is 6.92 Å². The van der Waals surface area contributed by atoms with Gasteiger partial charge in [-0.15, -0.1) is 0 Å². The number of rotatable bonds is 3. The maximum absolute atomic E-state index is 11.3. The van der Waals surface area contributed by atoms with E-state index < -0.39 is 24.0 Å². The summed E-state index contributed by atoms with van der Waals surface area (Å²) >= 11 is 1.01. The molecule has 1 rings (SSSR count). The Morgan fingerprint density at radius 1 is 1.71 bits per heavy atom. The molecule has 0 spiro atoms. The van der Waals surface area contributed by atoms with E-state index >= 15 is 0 Å². The minimum atomic E-state index is -1.10. The van der Waals surface area contributed by atoms with Gasteiger partial charge in [-0.1, -0.05) is 11.8 Å². The lowest BCUT2D eigenvalue weighted by atomic mass is 10.2. The summed E-state index contributed by atoms with van der Waals surface area (Å²) in [5, 5.41) is 13.0. The van der Waals surface area contributed by atoms with Crippen LogP contribution in [0.3, 0.4) is 0 Å². The number of aliphatic carboxylic acids is 1. The van der Waals surface area contributed by atoms with E-state index in [1.807, 2.05) is 0 Å². The standard InChI is InChI=1S/C7H10N2O4S/c1-3(6(11)12)8-5(10)4-2-14-7(13)9-4/h3-4H,2H2,1H3,(H,8,10)(H,9,13)(H,11,12)/t3?,4-/m0/s1. The Labute approximate surface area is 84.4 Å². The molecule has 0 saturated carbocycles. The monoisotopic (exact) mass is 218 g/mol. The van der Waals surface area contributed by atoms with Crippen molar-refractivity contribution in [2.45, 2.75) is 19.0 Å². The van der Waals surface area contributed by atoms with Gasteiger partial charge in [0.2, 0.25) is 5.91 Å². The lowest BCUT2D eigenvalue weighted by molar-refractivity contribution is -0.141. The molecule has 6 nitrogen and oxygen atoms in total. The van der Waals surface area contributed by atoms with E-state index in [1.165, 1.54) is 6.92 Å². The highest BCUT2D eigenvalue weighted by molar-refractivity contribution is 8.14. The second-order valence-corrected chi connectivity index (χ2v) is 3.86. The van der Waals surface area contributed by atoms with Crippen molar-refractivity contribution in [1.82, 2.24) is 10.6 Å².